The summed E-state index contributed by atoms with van der Waals surface area (Å²) in [7, 11) is 0. The molecule has 1 aliphatic rings. The van der Waals surface area contributed by atoms with Gasteiger partial charge in [0.1, 0.15) is 23.1 Å². The number of carbonyl (C=O) groups is 1. The van der Waals surface area contributed by atoms with Crippen molar-refractivity contribution < 1.29 is 13.6 Å². The molecule has 1 aromatic carbocycles. The first-order valence-corrected chi connectivity index (χ1v) is 5.63. The summed E-state index contributed by atoms with van der Waals surface area (Å²) in [5, 5.41) is 2.63. The minimum absolute atomic E-state index is 0.259. The Morgan fingerprint density at radius 3 is 2.68 bits per heavy atom. The fourth-order valence-electron chi connectivity index (χ4n) is 1.72. The van der Waals surface area contributed by atoms with Gasteiger partial charge < -0.3 is 9.73 Å². The SMILES string of the molecule is O=C1NC(c2ccc(F)cc2)=N/C1=C/c1ccco1. The van der Waals surface area contributed by atoms with E-state index >= 15 is 0 Å². The van der Waals surface area contributed by atoms with E-state index in [1.165, 1.54) is 18.4 Å². The number of amidine groups is 1. The van der Waals surface area contributed by atoms with E-state index in [-0.39, 0.29) is 17.4 Å². The summed E-state index contributed by atoms with van der Waals surface area (Å²) in [6, 6.07) is 9.21. The lowest BCUT2D eigenvalue weighted by atomic mass is 10.2. The number of rotatable bonds is 2. The lowest BCUT2D eigenvalue weighted by Gasteiger charge is -1.99. The van der Waals surface area contributed by atoms with Crippen LogP contribution in [-0.4, -0.2) is 11.7 Å². The van der Waals surface area contributed by atoms with E-state index in [4.69, 9.17) is 4.42 Å². The molecule has 1 aromatic heterocycles. The van der Waals surface area contributed by atoms with Crippen molar-refractivity contribution in [1.29, 1.82) is 0 Å². The standard InChI is InChI=1S/C14H9FN2O2/c15-10-5-3-9(4-6-10)13-16-12(14(18)17-13)8-11-2-1-7-19-11/h1-8H,(H,16,17,18)/b12-8+. The third kappa shape index (κ3) is 2.30. The lowest BCUT2D eigenvalue weighted by Crippen LogP contribution is -2.24. The average molecular weight is 256 g/mol. The first kappa shape index (κ1) is 11.4. The Labute approximate surface area is 108 Å². The topological polar surface area (TPSA) is 54.6 Å². The van der Waals surface area contributed by atoms with Crippen molar-refractivity contribution in [3.8, 4) is 0 Å². The van der Waals surface area contributed by atoms with Crippen LogP contribution in [0.2, 0.25) is 0 Å². The van der Waals surface area contributed by atoms with Gasteiger partial charge in [0.2, 0.25) is 0 Å². The van der Waals surface area contributed by atoms with Crippen molar-refractivity contribution in [2.24, 2.45) is 4.99 Å². The van der Waals surface area contributed by atoms with Gasteiger partial charge in [-0.25, -0.2) is 9.38 Å². The fraction of sp³-hybridized carbons (Fsp3) is 0. The third-order valence-electron chi connectivity index (χ3n) is 2.64. The zero-order valence-electron chi connectivity index (χ0n) is 9.76. The number of nitrogens with zero attached hydrogens (tertiary/aromatic N) is 1. The molecule has 2 heterocycles. The molecule has 94 valence electrons. The van der Waals surface area contributed by atoms with Gasteiger partial charge in [-0.05, 0) is 36.4 Å². The van der Waals surface area contributed by atoms with Crippen LogP contribution in [0.25, 0.3) is 6.08 Å². The Kier molecular flexibility index (Phi) is 2.72. The number of halogens is 1. The van der Waals surface area contributed by atoms with Crippen molar-refractivity contribution in [2.75, 3.05) is 0 Å². The number of nitrogens with one attached hydrogen (secondary N) is 1. The highest BCUT2D eigenvalue weighted by Gasteiger charge is 2.21. The summed E-state index contributed by atoms with van der Waals surface area (Å²) in [6.45, 7) is 0. The van der Waals surface area contributed by atoms with Gasteiger partial charge in [-0.1, -0.05) is 0 Å². The summed E-state index contributed by atoms with van der Waals surface area (Å²) in [5.41, 5.74) is 0.909. The number of benzene rings is 1. The van der Waals surface area contributed by atoms with E-state index in [0.29, 0.717) is 17.2 Å². The number of amides is 1. The molecule has 0 atom stereocenters. The quantitative estimate of drug-likeness (QED) is 0.838. The number of aliphatic imine (C=N–C) groups is 1. The second-order valence-electron chi connectivity index (χ2n) is 3.97. The molecule has 0 saturated carbocycles. The maximum absolute atomic E-state index is 12.8. The van der Waals surface area contributed by atoms with Gasteiger partial charge in [0.25, 0.3) is 5.91 Å². The van der Waals surface area contributed by atoms with E-state index in [2.05, 4.69) is 10.3 Å². The first-order chi connectivity index (χ1) is 9.22. The molecule has 0 saturated heterocycles. The Bertz CT molecular complexity index is 670. The van der Waals surface area contributed by atoms with Crippen LogP contribution in [0.1, 0.15) is 11.3 Å². The zero-order chi connectivity index (χ0) is 13.2. The van der Waals surface area contributed by atoms with Crippen molar-refractivity contribution in [3.05, 3.63) is 65.5 Å². The second-order valence-corrected chi connectivity index (χ2v) is 3.97. The number of hydrogen-bond acceptors (Lipinski definition) is 3. The van der Waals surface area contributed by atoms with Crippen molar-refractivity contribution >= 4 is 17.8 Å². The molecular formula is C14H9FN2O2. The minimum atomic E-state index is -0.333. The monoisotopic (exact) mass is 256 g/mol. The Hall–Kier alpha value is -2.69. The fourth-order valence-corrected chi connectivity index (χ4v) is 1.72. The van der Waals surface area contributed by atoms with Crippen LogP contribution in [-0.2, 0) is 4.79 Å². The van der Waals surface area contributed by atoms with Crippen LogP contribution < -0.4 is 5.32 Å². The molecule has 19 heavy (non-hydrogen) atoms. The molecule has 0 spiro atoms. The molecule has 0 bridgehead atoms. The van der Waals surface area contributed by atoms with Crippen LogP contribution >= 0.6 is 0 Å². The Morgan fingerprint density at radius 2 is 2.00 bits per heavy atom. The number of hydrogen-bond donors (Lipinski definition) is 1. The smallest absolute Gasteiger partial charge is 0.275 e. The highest BCUT2D eigenvalue weighted by Crippen LogP contribution is 2.15. The second kappa shape index (κ2) is 4.53. The number of carbonyl (C=O) groups excluding carboxylic acids is 1. The summed E-state index contributed by atoms with van der Waals surface area (Å²) < 4.78 is 18.0. The lowest BCUT2D eigenvalue weighted by molar-refractivity contribution is -0.115. The summed E-state index contributed by atoms with van der Waals surface area (Å²) in [6.07, 6.45) is 3.07. The van der Waals surface area contributed by atoms with Gasteiger partial charge in [0.15, 0.2) is 0 Å². The maximum Gasteiger partial charge on any atom is 0.275 e. The molecule has 1 amide bonds. The van der Waals surface area contributed by atoms with Gasteiger partial charge >= 0.3 is 0 Å². The molecule has 2 aromatic rings. The van der Waals surface area contributed by atoms with E-state index in [9.17, 15) is 9.18 Å². The van der Waals surface area contributed by atoms with Crippen LogP contribution in [0.15, 0.2) is 57.8 Å². The van der Waals surface area contributed by atoms with E-state index in [1.807, 2.05) is 0 Å². The summed E-state index contributed by atoms with van der Waals surface area (Å²) >= 11 is 0. The summed E-state index contributed by atoms with van der Waals surface area (Å²) in [4.78, 5) is 15.9. The van der Waals surface area contributed by atoms with Gasteiger partial charge in [0, 0.05) is 11.6 Å². The van der Waals surface area contributed by atoms with Crippen LogP contribution in [0.3, 0.4) is 0 Å². The van der Waals surface area contributed by atoms with Crippen molar-refractivity contribution in [3.63, 3.8) is 0 Å². The van der Waals surface area contributed by atoms with Gasteiger partial charge in [0.05, 0.1) is 6.26 Å². The average Bonchev–Trinajstić information content (AvgIpc) is 3.02. The van der Waals surface area contributed by atoms with Crippen LogP contribution in [0.4, 0.5) is 4.39 Å². The molecule has 0 aliphatic carbocycles. The molecule has 3 rings (SSSR count). The molecule has 0 unspecified atom stereocenters. The summed E-state index contributed by atoms with van der Waals surface area (Å²) in [5.74, 6) is 0.313. The molecule has 1 aliphatic heterocycles. The normalized spacial score (nSPS) is 16.6. The van der Waals surface area contributed by atoms with E-state index in [0.717, 1.165) is 0 Å². The molecule has 1 N–H and O–H groups in total. The molecular weight excluding hydrogens is 247 g/mol. The molecule has 0 fully saturated rings. The highest BCUT2D eigenvalue weighted by molar-refractivity contribution is 6.19. The van der Waals surface area contributed by atoms with Crippen LogP contribution in [0, 0.1) is 5.82 Å². The maximum atomic E-state index is 12.8. The minimum Gasteiger partial charge on any atom is -0.465 e. The Morgan fingerprint density at radius 1 is 1.21 bits per heavy atom. The zero-order valence-corrected chi connectivity index (χ0v) is 9.76. The Balaban J connectivity index is 1.93. The highest BCUT2D eigenvalue weighted by atomic mass is 19.1. The predicted octanol–water partition coefficient (Wildman–Crippen LogP) is 2.34. The third-order valence-corrected chi connectivity index (χ3v) is 2.64. The van der Waals surface area contributed by atoms with Crippen LogP contribution in [0.5, 0.6) is 0 Å². The van der Waals surface area contributed by atoms with Gasteiger partial charge in [-0.2, -0.15) is 0 Å². The molecule has 5 heteroatoms. The van der Waals surface area contributed by atoms with Gasteiger partial charge in [-0.15, -0.1) is 0 Å². The van der Waals surface area contributed by atoms with E-state index in [1.54, 1.807) is 30.3 Å². The number of furan rings is 1. The first-order valence-electron chi connectivity index (χ1n) is 5.63. The molecule has 0 radical (unpaired) electrons. The molecule has 4 nitrogen and oxygen atoms in total. The van der Waals surface area contributed by atoms with Crippen molar-refractivity contribution in [1.82, 2.24) is 5.32 Å². The van der Waals surface area contributed by atoms with Gasteiger partial charge in [-0.3, -0.25) is 4.79 Å². The van der Waals surface area contributed by atoms with E-state index < -0.39 is 0 Å². The largest absolute Gasteiger partial charge is 0.465 e. The predicted molar refractivity (Wildman–Crippen MR) is 67.8 cm³/mol. The van der Waals surface area contributed by atoms with Crippen molar-refractivity contribution in [2.45, 2.75) is 0 Å².